The summed E-state index contributed by atoms with van der Waals surface area (Å²) < 4.78 is 16.5. The highest BCUT2D eigenvalue weighted by molar-refractivity contribution is 5.94. The predicted molar refractivity (Wildman–Crippen MR) is 118 cm³/mol. The fraction of sp³-hybridized carbons (Fsp3) is 0.167. The van der Waals surface area contributed by atoms with Crippen LogP contribution in [-0.2, 0) is 9.59 Å². The van der Waals surface area contributed by atoms with Crippen LogP contribution in [0.5, 0.6) is 23.0 Å². The Hall–Kier alpha value is -4.00. The first-order valence-corrected chi connectivity index (χ1v) is 9.87. The van der Waals surface area contributed by atoms with Crippen LogP contribution >= 0.6 is 0 Å². The van der Waals surface area contributed by atoms with Crippen molar-refractivity contribution in [2.75, 3.05) is 25.1 Å². The van der Waals surface area contributed by atoms with E-state index in [-0.39, 0.29) is 25.0 Å². The summed E-state index contributed by atoms with van der Waals surface area (Å²) in [7, 11) is 0. The van der Waals surface area contributed by atoms with Gasteiger partial charge in [0.15, 0.2) is 6.61 Å². The van der Waals surface area contributed by atoms with Crippen molar-refractivity contribution in [2.45, 2.75) is 6.92 Å². The smallest absolute Gasteiger partial charge is 0.258 e. The average Bonchev–Trinajstić information content (AvgIpc) is 2.80. The van der Waals surface area contributed by atoms with Gasteiger partial charge in [-0.1, -0.05) is 18.2 Å². The molecular weight excluding hydrogens is 396 g/mol. The van der Waals surface area contributed by atoms with Crippen LogP contribution in [-0.4, -0.2) is 31.6 Å². The van der Waals surface area contributed by atoms with Crippen molar-refractivity contribution in [1.82, 2.24) is 5.32 Å². The Morgan fingerprint density at radius 2 is 1.29 bits per heavy atom. The van der Waals surface area contributed by atoms with E-state index < -0.39 is 0 Å². The van der Waals surface area contributed by atoms with Gasteiger partial charge in [-0.25, -0.2) is 0 Å². The minimum absolute atomic E-state index is 0.151. The van der Waals surface area contributed by atoms with Gasteiger partial charge in [0.1, 0.15) is 23.0 Å². The number of para-hydroxylation sites is 1. The van der Waals surface area contributed by atoms with Crippen molar-refractivity contribution >= 4 is 17.5 Å². The largest absolute Gasteiger partial charge is 0.494 e. The molecule has 0 fully saturated rings. The van der Waals surface area contributed by atoms with E-state index in [0.717, 1.165) is 5.75 Å². The van der Waals surface area contributed by atoms with Crippen molar-refractivity contribution in [2.24, 2.45) is 0 Å². The van der Waals surface area contributed by atoms with Gasteiger partial charge >= 0.3 is 0 Å². The van der Waals surface area contributed by atoms with E-state index in [2.05, 4.69) is 10.6 Å². The monoisotopic (exact) mass is 420 g/mol. The first kappa shape index (κ1) is 21.7. The highest BCUT2D eigenvalue weighted by Gasteiger charge is 2.07. The van der Waals surface area contributed by atoms with Gasteiger partial charge in [-0.3, -0.25) is 9.59 Å². The predicted octanol–water partition coefficient (Wildman–Crippen LogP) is 4.01. The summed E-state index contributed by atoms with van der Waals surface area (Å²) in [5, 5.41) is 5.24. The lowest BCUT2D eigenvalue weighted by Crippen LogP contribution is -2.35. The summed E-state index contributed by atoms with van der Waals surface area (Å²) in [6, 6.07) is 23.3. The fourth-order valence-electron chi connectivity index (χ4n) is 2.61. The van der Waals surface area contributed by atoms with E-state index in [4.69, 9.17) is 14.2 Å². The Morgan fingerprint density at radius 3 is 1.94 bits per heavy atom. The molecule has 3 aromatic rings. The molecule has 0 aliphatic rings. The fourth-order valence-corrected chi connectivity index (χ4v) is 2.61. The van der Waals surface area contributed by atoms with Crippen LogP contribution in [0.15, 0.2) is 78.9 Å². The number of nitrogens with one attached hydrogen (secondary N) is 2. The maximum Gasteiger partial charge on any atom is 0.258 e. The highest BCUT2D eigenvalue weighted by Crippen LogP contribution is 2.25. The second-order valence-corrected chi connectivity index (χ2v) is 6.46. The molecule has 0 aliphatic heterocycles. The molecule has 0 spiro atoms. The van der Waals surface area contributed by atoms with Gasteiger partial charge < -0.3 is 24.8 Å². The molecule has 0 saturated heterocycles. The molecule has 0 unspecified atom stereocenters. The van der Waals surface area contributed by atoms with E-state index in [1.807, 2.05) is 49.4 Å². The molecule has 0 atom stereocenters. The van der Waals surface area contributed by atoms with E-state index in [9.17, 15) is 9.59 Å². The Labute approximate surface area is 180 Å². The van der Waals surface area contributed by atoms with Crippen molar-refractivity contribution in [3.8, 4) is 23.0 Å². The standard InChI is InChI=1S/C24H24N2O5/c1-2-29-20-12-14-22(15-13-20)31-21-10-8-18(9-11-21)26-23(27)16-25-24(28)17-30-19-6-4-3-5-7-19/h3-15H,2,16-17H2,1H3,(H,25,28)(H,26,27). The number of hydrogen-bond donors (Lipinski definition) is 2. The molecule has 31 heavy (non-hydrogen) atoms. The third-order valence-corrected chi connectivity index (χ3v) is 4.07. The molecule has 0 bridgehead atoms. The number of carbonyl (C=O) groups is 2. The number of rotatable bonds is 10. The summed E-state index contributed by atoms with van der Waals surface area (Å²) in [4.78, 5) is 23.9. The first-order chi connectivity index (χ1) is 15.1. The second kappa shape index (κ2) is 11.3. The maximum absolute atomic E-state index is 12.0. The maximum atomic E-state index is 12.0. The molecule has 0 aliphatic carbocycles. The molecule has 160 valence electrons. The van der Waals surface area contributed by atoms with E-state index in [1.54, 1.807) is 36.4 Å². The molecule has 2 amide bonds. The van der Waals surface area contributed by atoms with Crippen molar-refractivity contribution in [3.63, 3.8) is 0 Å². The quantitative estimate of drug-likeness (QED) is 0.518. The number of amides is 2. The third kappa shape index (κ3) is 7.40. The molecule has 3 rings (SSSR count). The van der Waals surface area contributed by atoms with Gasteiger partial charge in [0.05, 0.1) is 13.2 Å². The number of ether oxygens (including phenoxy) is 3. The lowest BCUT2D eigenvalue weighted by atomic mass is 10.3. The van der Waals surface area contributed by atoms with E-state index in [0.29, 0.717) is 29.5 Å². The molecule has 7 nitrogen and oxygen atoms in total. The average molecular weight is 420 g/mol. The van der Waals surface area contributed by atoms with Gasteiger partial charge in [-0.05, 0) is 67.6 Å². The normalized spacial score (nSPS) is 10.1. The number of anilines is 1. The molecule has 2 N–H and O–H groups in total. The Morgan fingerprint density at radius 1 is 0.710 bits per heavy atom. The van der Waals surface area contributed by atoms with Gasteiger partial charge in [0.25, 0.3) is 5.91 Å². The molecular formula is C24H24N2O5. The van der Waals surface area contributed by atoms with Crippen LogP contribution in [0.25, 0.3) is 0 Å². The molecule has 0 heterocycles. The molecule has 0 radical (unpaired) electrons. The Bertz CT molecular complexity index is 973. The lowest BCUT2D eigenvalue weighted by molar-refractivity contribution is -0.125. The second-order valence-electron chi connectivity index (χ2n) is 6.46. The SMILES string of the molecule is CCOc1ccc(Oc2ccc(NC(=O)CNC(=O)COc3ccccc3)cc2)cc1. The van der Waals surface area contributed by atoms with Crippen LogP contribution in [0.2, 0.25) is 0 Å². The van der Waals surface area contributed by atoms with Crippen LogP contribution in [0.3, 0.4) is 0 Å². The first-order valence-electron chi connectivity index (χ1n) is 9.87. The van der Waals surface area contributed by atoms with Crippen molar-refractivity contribution in [3.05, 3.63) is 78.9 Å². The number of hydrogen-bond acceptors (Lipinski definition) is 5. The lowest BCUT2D eigenvalue weighted by Gasteiger charge is -2.10. The number of benzene rings is 3. The zero-order valence-corrected chi connectivity index (χ0v) is 17.2. The Balaban J connectivity index is 1.40. The summed E-state index contributed by atoms with van der Waals surface area (Å²) in [5.74, 6) is 1.97. The zero-order valence-electron chi connectivity index (χ0n) is 17.2. The van der Waals surface area contributed by atoms with E-state index >= 15 is 0 Å². The summed E-state index contributed by atoms with van der Waals surface area (Å²) >= 11 is 0. The van der Waals surface area contributed by atoms with Crippen LogP contribution in [0, 0.1) is 0 Å². The minimum atomic E-state index is -0.377. The van der Waals surface area contributed by atoms with Crippen molar-refractivity contribution < 1.29 is 23.8 Å². The van der Waals surface area contributed by atoms with Crippen LogP contribution in [0.1, 0.15) is 6.92 Å². The van der Waals surface area contributed by atoms with Gasteiger partial charge in [0, 0.05) is 5.69 Å². The molecule has 0 saturated carbocycles. The van der Waals surface area contributed by atoms with Gasteiger partial charge in [-0.2, -0.15) is 0 Å². The summed E-state index contributed by atoms with van der Waals surface area (Å²) in [6.07, 6.45) is 0. The topological polar surface area (TPSA) is 85.9 Å². The summed E-state index contributed by atoms with van der Waals surface area (Å²) in [5.41, 5.74) is 0.596. The molecule has 3 aromatic carbocycles. The van der Waals surface area contributed by atoms with E-state index in [1.165, 1.54) is 0 Å². The number of carbonyl (C=O) groups excluding carboxylic acids is 2. The molecule has 0 aromatic heterocycles. The minimum Gasteiger partial charge on any atom is -0.494 e. The summed E-state index contributed by atoms with van der Waals surface area (Å²) in [6.45, 7) is 2.23. The van der Waals surface area contributed by atoms with Gasteiger partial charge in [-0.15, -0.1) is 0 Å². The highest BCUT2D eigenvalue weighted by atomic mass is 16.5. The zero-order chi connectivity index (χ0) is 21.9. The van der Waals surface area contributed by atoms with Gasteiger partial charge in [0.2, 0.25) is 5.91 Å². The van der Waals surface area contributed by atoms with Crippen molar-refractivity contribution in [1.29, 1.82) is 0 Å². The Kier molecular flexibility index (Phi) is 7.88. The third-order valence-electron chi connectivity index (χ3n) is 4.07. The van der Waals surface area contributed by atoms with Crippen LogP contribution < -0.4 is 24.8 Å². The molecule has 7 heteroatoms. The van der Waals surface area contributed by atoms with Crippen LogP contribution in [0.4, 0.5) is 5.69 Å².